The Balaban J connectivity index is 2.28. The van der Waals surface area contributed by atoms with Crippen LogP contribution in [0.3, 0.4) is 0 Å². The number of ether oxygens (including phenoxy) is 1. The fraction of sp³-hybridized carbons (Fsp3) is 0.667. The van der Waals surface area contributed by atoms with Crippen molar-refractivity contribution in [3.63, 3.8) is 0 Å². The molecule has 2 aliphatic carbocycles. The number of allylic oxidation sites excluding steroid dienone is 1. The molecule has 120 valence electrons. The van der Waals surface area contributed by atoms with Crippen LogP contribution >= 0.6 is 0 Å². The smallest absolute Gasteiger partial charge is 0.314 e. The molecular formula is C18H24O4. The van der Waals surface area contributed by atoms with Crippen LogP contribution in [0.1, 0.15) is 40.5 Å². The van der Waals surface area contributed by atoms with Crippen molar-refractivity contribution in [3.8, 4) is 0 Å². The van der Waals surface area contributed by atoms with Gasteiger partial charge in [-0.2, -0.15) is 0 Å². The summed E-state index contributed by atoms with van der Waals surface area (Å²) in [5, 5.41) is 9.97. The monoisotopic (exact) mass is 304 g/mol. The summed E-state index contributed by atoms with van der Waals surface area (Å²) < 4.78 is 5.86. The quantitative estimate of drug-likeness (QED) is 0.628. The van der Waals surface area contributed by atoms with Gasteiger partial charge in [-0.1, -0.05) is 32.9 Å². The van der Waals surface area contributed by atoms with Crippen molar-refractivity contribution in [2.45, 2.75) is 46.1 Å². The topological polar surface area (TPSA) is 63.6 Å². The van der Waals surface area contributed by atoms with E-state index in [1.54, 1.807) is 6.08 Å². The van der Waals surface area contributed by atoms with Crippen molar-refractivity contribution >= 4 is 11.9 Å². The van der Waals surface area contributed by atoms with E-state index in [9.17, 15) is 14.7 Å². The number of carboxylic acid groups (broad SMARTS) is 1. The van der Waals surface area contributed by atoms with Crippen molar-refractivity contribution in [1.29, 1.82) is 0 Å². The highest BCUT2D eigenvalue weighted by Crippen LogP contribution is 2.65. The molecule has 0 amide bonds. The Morgan fingerprint density at radius 2 is 2.09 bits per heavy atom. The maximum atomic E-state index is 12.4. The highest BCUT2D eigenvalue weighted by molar-refractivity contribution is 5.83. The first-order chi connectivity index (χ1) is 10.1. The molecule has 22 heavy (non-hydrogen) atoms. The third-order valence-corrected chi connectivity index (χ3v) is 6.55. The minimum Gasteiger partial charge on any atom is -0.481 e. The number of carboxylic acids is 1. The van der Waals surface area contributed by atoms with Crippen LogP contribution in [-0.4, -0.2) is 22.6 Å². The van der Waals surface area contributed by atoms with E-state index in [2.05, 4.69) is 20.4 Å². The van der Waals surface area contributed by atoms with E-state index in [-0.39, 0.29) is 23.2 Å². The fourth-order valence-electron chi connectivity index (χ4n) is 5.24. The number of hydrogen-bond donors (Lipinski definition) is 1. The van der Waals surface area contributed by atoms with Crippen molar-refractivity contribution in [1.82, 2.24) is 0 Å². The molecule has 1 saturated heterocycles. The lowest BCUT2D eigenvalue weighted by molar-refractivity contribution is -0.234. The maximum Gasteiger partial charge on any atom is 0.314 e. The van der Waals surface area contributed by atoms with Crippen LogP contribution in [0.4, 0.5) is 0 Å². The standard InChI is InChI=1S/C18H24O4/c1-6-17(5)8-7-12-16(3,4)11-9-10(2)18(12,22-15(11)21)13(17)14(19)20/h6,9,11-13H,1,7-8H2,2-5H3,(H,19,20)/t11-,12+,13+,17?,18-/m1/s1. The summed E-state index contributed by atoms with van der Waals surface area (Å²) in [7, 11) is 0. The number of carbonyl (C=O) groups is 2. The normalized spacial score (nSPS) is 45.5. The molecule has 2 fully saturated rings. The molecule has 4 heteroatoms. The zero-order valence-electron chi connectivity index (χ0n) is 13.7. The van der Waals surface area contributed by atoms with Gasteiger partial charge >= 0.3 is 11.9 Å². The van der Waals surface area contributed by atoms with Gasteiger partial charge in [0, 0.05) is 11.3 Å². The molecule has 0 aromatic rings. The second-order valence-electron chi connectivity index (χ2n) is 7.94. The molecule has 2 aliphatic heterocycles. The Morgan fingerprint density at radius 1 is 1.45 bits per heavy atom. The summed E-state index contributed by atoms with van der Waals surface area (Å²) in [6, 6.07) is 0. The summed E-state index contributed by atoms with van der Waals surface area (Å²) >= 11 is 0. The van der Waals surface area contributed by atoms with Gasteiger partial charge in [0.05, 0.1) is 5.92 Å². The van der Waals surface area contributed by atoms with Gasteiger partial charge in [-0.25, -0.2) is 0 Å². The second-order valence-corrected chi connectivity index (χ2v) is 7.94. The molecule has 4 nitrogen and oxygen atoms in total. The van der Waals surface area contributed by atoms with Gasteiger partial charge < -0.3 is 9.84 Å². The SMILES string of the molecule is C=CC1(C)CC[C@H]2C(C)(C)[C@@H]3C=C(C)[C@]2(OC3=O)[C@H]1C(=O)O. The molecule has 1 spiro atoms. The van der Waals surface area contributed by atoms with Crippen molar-refractivity contribution in [2.24, 2.45) is 28.6 Å². The molecule has 1 N–H and O–H groups in total. The highest BCUT2D eigenvalue weighted by Gasteiger charge is 2.71. The van der Waals surface area contributed by atoms with E-state index in [1.807, 2.05) is 19.9 Å². The summed E-state index contributed by atoms with van der Waals surface area (Å²) in [6.07, 6.45) is 5.26. The fourth-order valence-corrected chi connectivity index (χ4v) is 5.24. The molecule has 1 unspecified atom stereocenters. The Hall–Kier alpha value is -1.58. The Bertz CT molecular complexity index is 602. The summed E-state index contributed by atoms with van der Waals surface area (Å²) in [5.41, 5.74) is -1.02. The lowest BCUT2D eigenvalue weighted by Crippen LogP contribution is -2.70. The molecule has 2 bridgehead atoms. The average Bonchev–Trinajstić information content (AvgIpc) is 2.40. The average molecular weight is 304 g/mol. The van der Waals surface area contributed by atoms with Gasteiger partial charge in [-0.15, -0.1) is 6.58 Å². The van der Waals surface area contributed by atoms with Crippen LogP contribution in [-0.2, 0) is 14.3 Å². The van der Waals surface area contributed by atoms with E-state index < -0.39 is 22.9 Å². The number of fused-ring (bicyclic) bond motifs is 1. The Morgan fingerprint density at radius 3 is 2.64 bits per heavy atom. The molecule has 2 heterocycles. The van der Waals surface area contributed by atoms with Crippen LogP contribution in [0.15, 0.2) is 24.3 Å². The first kappa shape index (κ1) is 15.3. The molecule has 5 atom stereocenters. The number of esters is 1. The summed E-state index contributed by atoms with van der Waals surface area (Å²) in [5.74, 6) is -2.24. The minimum atomic E-state index is -1.04. The van der Waals surface area contributed by atoms with E-state index >= 15 is 0 Å². The Labute approximate surface area is 131 Å². The van der Waals surface area contributed by atoms with Crippen LogP contribution in [0.25, 0.3) is 0 Å². The first-order valence-electron chi connectivity index (χ1n) is 7.89. The van der Waals surface area contributed by atoms with Crippen molar-refractivity contribution in [3.05, 3.63) is 24.3 Å². The highest BCUT2D eigenvalue weighted by atomic mass is 16.6. The van der Waals surface area contributed by atoms with Gasteiger partial charge in [-0.05, 0) is 30.8 Å². The van der Waals surface area contributed by atoms with Gasteiger partial charge in [0.25, 0.3) is 0 Å². The molecular weight excluding hydrogens is 280 g/mol. The predicted octanol–water partition coefficient (Wildman–Crippen LogP) is 3.19. The number of carbonyl (C=O) groups excluding carboxylic acids is 1. The lowest BCUT2D eigenvalue weighted by atomic mass is 9.44. The maximum absolute atomic E-state index is 12.4. The zero-order chi connectivity index (χ0) is 16.5. The third kappa shape index (κ3) is 1.53. The molecule has 1 saturated carbocycles. The first-order valence-corrected chi connectivity index (χ1v) is 7.89. The largest absolute Gasteiger partial charge is 0.481 e. The molecule has 0 aromatic carbocycles. The summed E-state index contributed by atoms with van der Waals surface area (Å²) in [6.45, 7) is 11.8. The zero-order valence-corrected chi connectivity index (χ0v) is 13.7. The summed E-state index contributed by atoms with van der Waals surface area (Å²) in [4.78, 5) is 24.6. The number of rotatable bonds is 2. The lowest BCUT2D eigenvalue weighted by Gasteiger charge is -2.64. The Kier molecular flexibility index (Phi) is 2.95. The molecule has 4 rings (SSSR count). The van der Waals surface area contributed by atoms with Gasteiger partial charge in [0.15, 0.2) is 5.60 Å². The second kappa shape index (κ2) is 4.24. The van der Waals surface area contributed by atoms with Crippen LogP contribution in [0.2, 0.25) is 0 Å². The molecule has 0 radical (unpaired) electrons. The number of aliphatic carboxylic acids is 1. The van der Waals surface area contributed by atoms with E-state index in [4.69, 9.17) is 4.74 Å². The molecule has 0 aromatic heterocycles. The van der Waals surface area contributed by atoms with Crippen LogP contribution in [0, 0.1) is 28.6 Å². The van der Waals surface area contributed by atoms with Gasteiger partial charge in [0.2, 0.25) is 0 Å². The number of hydrogen-bond acceptors (Lipinski definition) is 3. The predicted molar refractivity (Wildman–Crippen MR) is 82.0 cm³/mol. The molecule has 4 aliphatic rings. The van der Waals surface area contributed by atoms with Crippen molar-refractivity contribution < 1.29 is 19.4 Å². The van der Waals surface area contributed by atoms with Gasteiger partial charge in [-0.3, -0.25) is 9.59 Å². The van der Waals surface area contributed by atoms with Crippen molar-refractivity contribution in [2.75, 3.05) is 0 Å². The minimum absolute atomic E-state index is 0.0295. The van der Waals surface area contributed by atoms with E-state index in [1.165, 1.54) is 0 Å². The van der Waals surface area contributed by atoms with E-state index in [0.29, 0.717) is 0 Å². The van der Waals surface area contributed by atoms with Crippen LogP contribution in [0.5, 0.6) is 0 Å². The van der Waals surface area contributed by atoms with E-state index in [0.717, 1.165) is 18.4 Å². The van der Waals surface area contributed by atoms with Crippen LogP contribution < -0.4 is 0 Å². The third-order valence-electron chi connectivity index (χ3n) is 6.55. The van der Waals surface area contributed by atoms with Gasteiger partial charge in [0.1, 0.15) is 5.92 Å².